The molecule has 0 N–H and O–H groups in total. The number of hydrogen-bond donors (Lipinski definition) is 0. The molecule has 0 radical (unpaired) electrons. The zero-order valence-electron chi connectivity index (χ0n) is 11.8. The highest BCUT2D eigenvalue weighted by atomic mass is 79.9. The first-order chi connectivity index (χ1) is 9.62. The summed E-state index contributed by atoms with van der Waals surface area (Å²) >= 11 is 3.41. The molecule has 0 saturated carbocycles. The molecule has 0 aliphatic carbocycles. The second-order valence-electron chi connectivity index (χ2n) is 4.14. The predicted molar refractivity (Wildman–Crippen MR) is 80.0 cm³/mol. The Morgan fingerprint density at radius 3 is 2.40 bits per heavy atom. The maximum atomic E-state index is 11.7. The Morgan fingerprint density at radius 2 is 1.80 bits per heavy atom. The number of benzene rings is 1. The van der Waals surface area contributed by atoms with Gasteiger partial charge in [-0.15, -0.1) is 0 Å². The number of rotatable bonds is 7. The first kappa shape index (κ1) is 16.7. The fourth-order valence-corrected chi connectivity index (χ4v) is 2.35. The van der Waals surface area contributed by atoms with E-state index >= 15 is 0 Å². The minimum Gasteiger partial charge on any atom is -0.466 e. The van der Waals surface area contributed by atoms with Gasteiger partial charge in [0.25, 0.3) is 0 Å². The van der Waals surface area contributed by atoms with E-state index in [2.05, 4.69) is 15.9 Å². The van der Waals surface area contributed by atoms with Crippen molar-refractivity contribution >= 4 is 27.9 Å². The van der Waals surface area contributed by atoms with Gasteiger partial charge in [-0.2, -0.15) is 0 Å². The van der Waals surface area contributed by atoms with Crippen molar-refractivity contribution in [1.29, 1.82) is 0 Å². The molecule has 0 saturated heterocycles. The van der Waals surface area contributed by atoms with Crippen LogP contribution in [0.1, 0.15) is 41.8 Å². The summed E-state index contributed by atoms with van der Waals surface area (Å²) in [5, 5.41) is 0.675. The van der Waals surface area contributed by atoms with E-state index in [-0.39, 0.29) is 11.9 Å². The van der Waals surface area contributed by atoms with Gasteiger partial charge < -0.3 is 9.47 Å². The van der Waals surface area contributed by atoms with Crippen molar-refractivity contribution in [2.24, 2.45) is 0 Å². The third kappa shape index (κ3) is 4.96. The van der Waals surface area contributed by atoms with Crippen LogP contribution in [0.25, 0.3) is 0 Å². The molecular weight excluding hydrogens is 324 g/mol. The average molecular weight is 343 g/mol. The Bertz CT molecular complexity index is 471. The van der Waals surface area contributed by atoms with Crippen LogP contribution in [0, 0.1) is 0 Å². The average Bonchev–Trinajstić information content (AvgIpc) is 2.45. The quantitative estimate of drug-likeness (QED) is 0.563. The van der Waals surface area contributed by atoms with Crippen LogP contribution in [-0.2, 0) is 26.0 Å². The number of esters is 2. The van der Waals surface area contributed by atoms with Crippen molar-refractivity contribution in [2.75, 3.05) is 13.2 Å². The van der Waals surface area contributed by atoms with Crippen molar-refractivity contribution in [3.63, 3.8) is 0 Å². The molecular formula is C15H19BrO4. The van der Waals surface area contributed by atoms with Crippen LogP contribution < -0.4 is 0 Å². The molecule has 0 aliphatic heterocycles. The number of ether oxygens (including phenoxy) is 2. The van der Waals surface area contributed by atoms with Gasteiger partial charge in [-0.05, 0) is 43.5 Å². The molecule has 20 heavy (non-hydrogen) atoms. The van der Waals surface area contributed by atoms with Crippen molar-refractivity contribution in [2.45, 2.75) is 32.0 Å². The van der Waals surface area contributed by atoms with E-state index in [0.717, 1.165) is 11.1 Å². The maximum absolute atomic E-state index is 11.7. The third-order valence-electron chi connectivity index (χ3n) is 2.77. The normalized spacial score (nSPS) is 10.2. The predicted octanol–water partition coefficient (Wildman–Crippen LogP) is 3.25. The van der Waals surface area contributed by atoms with Crippen LogP contribution in [0.4, 0.5) is 0 Å². The highest BCUT2D eigenvalue weighted by Gasteiger charge is 2.11. The molecule has 0 aliphatic rings. The van der Waals surface area contributed by atoms with E-state index in [0.29, 0.717) is 36.9 Å². The van der Waals surface area contributed by atoms with E-state index in [4.69, 9.17) is 9.47 Å². The van der Waals surface area contributed by atoms with Crippen LogP contribution in [0.5, 0.6) is 0 Å². The second kappa shape index (κ2) is 8.74. The zero-order chi connectivity index (χ0) is 15.0. The largest absolute Gasteiger partial charge is 0.466 e. The fraction of sp³-hybridized carbons (Fsp3) is 0.467. The van der Waals surface area contributed by atoms with Crippen molar-refractivity contribution in [3.8, 4) is 0 Å². The molecule has 1 aromatic rings. The lowest BCUT2D eigenvalue weighted by Gasteiger charge is -2.09. The van der Waals surface area contributed by atoms with Crippen molar-refractivity contribution < 1.29 is 19.1 Å². The number of carbonyl (C=O) groups is 2. The molecule has 1 rings (SSSR count). The molecule has 0 amide bonds. The van der Waals surface area contributed by atoms with Crippen molar-refractivity contribution in [1.82, 2.24) is 0 Å². The van der Waals surface area contributed by atoms with Gasteiger partial charge in [0.15, 0.2) is 0 Å². The Kier molecular flexibility index (Phi) is 7.30. The molecule has 1 aromatic carbocycles. The molecule has 0 atom stereocenters. The summed E-state index contributed by atoms with van der Waals surface area (Å²) in [5.74, 6) is -0.569. The molecule has 0 aromatic heterocycles. The lowest BCUT2D eigenvalue weighted by molar-refractivity contribution is -0.143. The van der Waals surface area contributed by atoms with E-state index in [9.17, 15) is 9.59 Å². The number of hydrogen-bond acceptors (Lipinski definition) is 4. The van der Waals surface area contributed by atoms with Gasteiger partial charge in [-0.1, -0.05) is 22.0 Å². The smallest absolute Gasteiger partial charge is 0.338 e. The highest BCUT2D eigenvalue weighted by molar-refractivity contribution is 9.08. The summed E-state index contributed by atoms with van der Waals surface area (Å²) in [4.78, 5) is 23.1. The maximum Gasteiger partial charge on any atom is 0.338 e. The number of carbonyl (C=O) groups excluding carboxylic acids is 2. The standard InChI is InChI=1S/C15H19BrO4/c1-3-19-14(17)8-7-11-9-12(15(18)20-4-2)5-6-13(11)10-16/h5-6,9H,3-4,7-8,10H2,1-2H3. The van der Waals surface area contributed by atoms with Crippen LogP contribution in [0.2, 0.25) is 0 Å². The van der Waals surface area contributed by atoms with Gasteiger partial charge in [0.1, 0.15) is 0 Å². The van der Waals surface area contributed by atoms with Gasteiger partial charge >= 0.3 is 11.9 Å². The highest BCUT2D eigenvalue weighted by Crippen LogP contribution is 2.18. The van der Waals surface area contributed by atoms with E-state index in [1.807, 2.05) is 6.07 Å². The monoisotopic (exact) mass is 342 g/mol. The summed E-state index contributed by atoms with van der Waals surface area (Å²) in [6, 6.07) is 5.40. The lowest BCUT2D eigenvalue weighted by Crippen LogP contribution is -2.08. The molecule has 0 spiro atoms. The van der Waals surface area contributed by atoms with E-state index in [1.165, 1.54) is 0 Å². The Hall–Kier alpha value is -1.36. The van der Waals surface area contributed by atoms with Gasteiger partial charge in [-0.3, -0.25) is 4.79 Å². The summed E-state index contributed by atoms with van der Waals surface area (Å²) in [7, 11) is 0. The first-order valence-electron chi connectivity index (χ1n) is 6.62. The summed E-state index contributed by atoms with van der Waals surface area (Å²) in [5.41, 5.74) is 2.53. The third-order valence-corrected chi connectivity index (χ3v) is 3.37. The molecule has 0 fully saturated rings. The topological polar surface area (TPSA) is 52.6 Å². The molecule has 0 heterocycles. The molecule has 4 nitrogen and oxygen atoms in total. The number of alkyl halides is 1. The molecule has 0 bridgehead atoms. The second-order valence-corrected chi connectivity index (χ2v) is 4.70. The Morgan fingerprint density at radius 1 is 1.10 bits per heavy atom. The van der Waals surface area contributed by atoms with Crippen LogP contribution in [0.15, 0.2) is 18.2 Å². The van der Waals surface area contributed by atoms with Gasteiger partial charge in [-0.25, -0.2) is 4.79 Å². The summed E-state index contributed by atoms with van der Waals surface area (Å²) in [6.07, 6.45) is 0.854. The Labute approximate surface area is 127 Å². The van der Waals surface area contributed by atoms with E-state index < -0.39 is 0 Å². The molecule has 5 heteroatoms. The molecule has 110 valence electrons. The number of halogens is 1. The Balaban J connectivity index is 2.83. The molecule has 0 unspecified atom stereocenters. The fourth-order valence-electron chi connectivity index (χ4n) is 1.80. The summed E-state index contributed by atoms with van der Waals surface area (Å²) in [6.45, 7) is 4.28. The van der Waals surface area contributed by atoms with E-state index in [1.54, 1.807) is 26.0 Å². The number of aryl methyl sites for hydroxylation is 1. The SMILES string of the molecule is CCOC(=O)CCc1cc(C(=O)OCC)ccc1CBr. The first-order valence-corrected chi connectivity index (χ1v) is 7.75. The summed E-state index contributed by atoms with van der Waals surface area (Å²) < 4.78 is 9.89. The minimum atomic E-state index is -0.342. The van der Waals surface area contributed by atoms with Gasteiger partial charge in [0, 0.05) is 11.8 Å². The lowest BCUT2D eigenvalue weighted by atomic mass is 10.0. The zero-order valence-corrected chi connectivity index (χ0v) is 13.4. The minimum absolute atomic E-state index is 0.227. The van der Waals surface area contributed by atoms with Crippen LogP contribution >= 0.6 is 15.9 Å². The van der Waals surface area contributed by atoms with Gasteiger partial charge in [0.2, 0.25) is 0 Å². The van der Waals surface area contributed by atoms with Crippen LogP contribution in [-0.4, -0.2) is 25.2 Å². The van der Waals surface area contributed by atoms with Crippen LogP contribution in [0.3, 0.4) is 0 Å². The van der Waals surface area contributed by atoms with Gasteiger partial charge in [0.05, 0.1) is 18.8 Å². The van der Waals surface area contributed by atoms with Crippen molar-refractivity contribution in [3.05, 3.63) is 34.9 Å².